The molecule has 4 nitrogen and oxygen atoms in total. The summed E-state index contributed by atoms with van der Waals surface area (Å²) in [5.41, 5.74) is 6.64. The molecule has 0 bridgehead atoms. The molecule has 0 aliphatic heterocycles. The van der Waals surface area contributed by atoms with Crippen molar-refractivity contribution in [1.82, 2.24) is 0 Å². The van der Waals surface area contributed by atoms with Gasteiger partial charge in [0.1, 0.15) is 11.3 Å². The van der Waals surface area contributed by atoms with Gasteiger partial charge in [-0.25, -0.2) is 9.18 Å². The third-order valence-electron chi connectivity index (χ3n) is 2.61. The highest BCUT2D eigenvalue weighted by Crippen LogP contribution is 2.25. The van der Waals surface area contributed by atoms with Crippen LogP contribution in [0.25, 0.3) is 16.5 Å². The number of methoxy groups -OCH3 is 1. The highest BCUT2D eigenvalue weighted by molar-refractivity contribution is 5.94. The Balaban J connectivity index is 0.00000180. The van der Waals surface area contributed by atoms with E-state index in [1.807, 2.05) is 0 Å². The monoisotopic (exact) mass is 285 g/mol. The van der Waals surface area contributed by atoms with Crippen LogP contribution < -0.4 is 5.73 Å². The summed E-state index contributed by atoms with van der Waals surface area (Å²) in [7, 11) is 1.31. The molecule has 0 atom stereocenters. The largest absolute Gasteiger partial charge is 0.465 e. The molecule has 0 aliphatic rings. The number of carbonyl (C=O) groups excluding carboxylic acids is 1. The molecule has 1 aromatic heterocycles. The zero-order valence-electron chi connectivity index (χ0n) is 10.2. The van der Waals surface area contributed by atoms with Crippen molar-refractivity contribution in [3.05, 3.63) is 41.9 Å². The van der Waals surface area contributed by atoms with Crippen LogP contribution in [0.5, 0.6) is 0 Å². The number of hydrogen-bond donors (Lipinski definition) is 1. The number of carbonyl (C=O) groups is 1. The Morgan fingerprint density at radius 2 is 2.21 bits per heavy atom. The molecule has 0 saturated heterocycles. The molecule has 0 spiro atoms. The van der Waals surface area contributed by atoms with Crippen molar-refractivity contribution in [3.8, 4) is 0 Å². The Labute approximate surface area is 115 Å². The average molecular weight is 286 g/mol. The summed E-state index contributed by atoms with van der Waals surface area (Å²) in [4.78, 5) is 11.4. The van der Waals surface area contributed by atoms with Gasteiger partial charge < -0.3 is 14.9 Å². The van der Waals surface area contributed by atoms with Crippen LogP contribution in [0.1, 0.15) is 16.1 Å². The van der Waals surface area contributed by atoms with Crippen molar-refractivity contribution >= 4 is 34.9 Å². The molecule has 2 aromatic rings. The predicted octanol–water partition coefficient (Wildman–Crippen LogP) is 2.91. The summed E-state index contributed by atoms with van der Waals surface area (Å²) >= 11 is 0. The van der Waals surface area contributed by atoms with Gasteiger partial charge in [0.05, 0.1) is 19.0 Å². The average Bonchev–Trinajstić information content (AvgIpc) is 2.81. The Kier molecular flexibility index (Phi) is 5.09. The fourth-order valence-corrected chi connectivity index (χ4v) is 1.65. The van der Waals surface area contributed by atoms with Crippen molar-refractivity contribution in [2.75, 3.05) is 13.7 Å². The standard InChI is InChI=1S/C13H12FNO3.ClH/c1-17-13(16)8-2-3-11-9(4-8)5-12(18-11)10(6-14)7-15;/h2-6H,7,15H2,1H3;1H/b10-6-;. The molecular formula is C13H13ClFNO3. The van der Waals surface area contributed by atoms with Crippen molar-refractivity contribution in [3.63, 3.8) is 0 Å². The SMILES string of the molecule is COC(=O)c1ccc2oc(/C(=C\F)CN)cc2c1.Cl. The molecule has 0 aliphatic carbocycles. The van der Waals surface area contributed by atoms with Gasteiger partial charge in [0, 0.05) is 17.5 Å². The summed E-state index contributed by atoms with van der Waals surface area (Å²) in [6, 6.07) is 6.49. The summed E-state index contributed by atoms with van der Waals surface area (Å²) in [6.07, 6.45) is 0.416. The van der Waals surface area contributed by atoms with E-state index in [9.17, 15) is 9.18 Å². The highest BCUT2D eigenvalue weighted by Gasteiger charge is 2.11. The zero-order chi connectivity index (χ0) is 13.1. The molecule has 6 heteroatoms. The molecule has 0 unspecified atom stereocenters. The van der Waals surface area contributed by atoms with Crippen LogP contribution in [-0.4, -0.2) is 19.6 Å². The number of ether oxygens (including phenoxy) is 1. The second-order valence-electron chi connectivity index (χ2n) is 3.69. The van der Waals surface area contributed by atoms with Gasteiger partial charge in [0.2, 0.25) is 0 Å². The Bertz CT molecular complexity index is 621. The van der Waals surface area contributed by atoms with E-state index in [0.29, 0.717) is 28.6 Å². The van der Waals surface area contributed by atoms with E-state index in [4.69, 9.17) is 10.2 Å². The number of halogens is 2. The van der Waals surface area contributed by atoms with Gasteiger partial charge in [-0.3, -0.25) is 0 Å². The summed E-state index contributed by atoms with van der Waals surface area (Å²) < 4.78 is 22.6. The lowest BCUT2D eigenvalue weighted by Crippen LogP contribution is -2.00. The number of benzene rings is 1. The second kappa shape index (κ2) is 6.36. The molecule has 0 radical (unpaired) electrons. The minimum atomic E-state index is -0.431. The Morgan fingerprint density at radius 1 is 1.47 bits per heavy atom. The normalized spacial score (nSPS) is 11.2. The maximum absolute atomic E-state index is 12.6. The molecule has 0 amide bonds. The van der Waals surface area contributed by atoms with Crippen LogP contribution in [0, 0.1) is 0 Å². The van der Waals surface area contributed by atoms with Gasteiger partial charge in [-0.2, -0.15) is 0 Å². The lowest BCUT2D eigenvalue weighted by atomic mass is 10.1. The number of nitrogens with two attached hydrogens (primary N) is 1. The molecule has 2 N–H and O–H groups in total. The molecule has 2 rings (SSSR count). The summed E-state index contributed by atoms with van der Waals surface area (Å²) in [5, 5.41) is 0.695. The van der Waals surface area contributed by atoms with E-state index in [-0.39, 0.29) is 24.5 Å². The third kappa shape index (κ3) is 2.94. The summed E-state index contributed by atoms with van der Waals surface area (Å²) in [6.45, 7) is 0.0418. The maximum Gasteiger partial charge on any atom is 0.337 e. The first-order valence-corrected chi connectivity index (χ1v) is 5.31. The van der Waals surface area contributed by atoms with Crippen LogP contribution in [0.3, 0.4) is 0 Å². The maximum atomic E-state index is 12.6. The first-order valence-electron chi connectivity index (χ1n) is 5.31. The fourth-order valence-electron chi connectivity index (χ4n) is 1.65. The Morgan fingerprint density at radius 3 is 2.79 bits per heavy atom. The van der Waals surface area contributed by atoms with Gasteiger partial charge >= 0.3 is 5.97 Å². The van der Waals surface area contributed by atoms with E-state index in [2.05, 4.69) is 4.74 Å². The van der Waals surface area contributed by atoms with Crippen LogP contribution in [0.4, 0.5) is 4.39 Å². The molecule has 19 heavy (non-hydrogen) atoms. The number of furan rings is 1. The lowest BCUT2D eigenvalue weighted by Gasteiger charge is -1.97. The quantitative estimate of drug-likeness (QED) is 0.881. The third-order valence-corrected chi connectivity index (χ3v) is 2.61. The topological polar surface area (TPSA) is 65.5 Å². The van der Waals surface area contributed by atoms with Crippen LogP contribution in [-0.2, 0) is 4.74 Å². The molecule has 0 saturated carbocycles. The first-order chi connectivity index (χ1) is 8.69. The van der Waals surface area contributed by atoms with Crippen molar-refractivity contribution < 1.29 is 18.3 Å². The van der Waals surface area contributed by atoms with E-state index in [1.54, 1.807) is 24.3 Å². The number of fused-ring (bicyclic) bond motifs is 1. The second-order valence-corrected chi connectivity index (χ2v) is 3.69. The van der Waals surface area contributed by atoms with Gasteiger partial charge in [0.25, 0.3) is 0 Å². The molecule has 102 valence electrons. The van der Waals surface area contributed by atoms with Crippen LogP contribution in [0.2, 0.25) is 0 Å². The number of esters is 1. The van der Waals surface area contributed by atoms with Crippen molar-refractivity contribution in [2.24, 2.45) is 5.73 Å². The zero-order valence-corrected chi connectivity index (χ0v) is 11.0. The van der Waals surface area contributed by atoms with Gasteiger partial charge in [-0.05, 0) is 24.3 Å². The molecule has 0 fully saturated rings. The van der Waals surface area contributed by atoms with E-state index >= 15 is 0 Å². The van der Waals surface area contributed by atoms with Crippen LogP contribution >= 0.6 is 12.4 Å². The fraction of sp³-hybridized carbons (Fsp3) is 0.154. The van der Waals surface area contributed by atoms with Crippen molar-refractivity contribution in [1.29, 1.82) is 0 Å². The molecule has 1 aromatic carbocycles. The summed E-state index contributed by atoms with van der Waals surface area (Å²) in [5.74, 6) is -0.0725. The predicted molar refractivity (Wildman–Crippen MR) is 72.9 cm³/mol. The van der Waals surface area contributed by atoms with E-state index in [1.165, 1.54) is 7.11 Å². The van der Waals surface area contributed by atoms with E-state index in [0.717, 1.165) is 0 Å². The molecular weight excluding hydrogens is 273 g/mol. The van der Waals surface area contributed by atoms with Crippen molar-refractivity contribution in [2.45, 2.75) is 0 Å². The smallest absolute Gasteiger partial charge is 0.337 e. The number of rotatable bonds is 3. The minimum Gasteiger partial charge on any atom is -0.465 e. The van der Waals surface area contributed by atoms with E-state index < -0.39 is 5.97 Å². The highest BCUT2D eigenvalue weighted by atomic mass is 35.5. The minimum absolute atomic E-state index is 0. The van der Waals surface area contributed by atoms with Gasteiger partial charge in [0.15, 0.2) is 0 Å². The molecule has 1 heterocycles. The van der Waals surface area contributed by atoms with Gasteiger partial charge in [-0.1, -0.05) is 0 Å². The lowest BCUT2D eigenvalue weighted by molar-refractivity contribution is 0.0601. The number of hydrogen-bond acceptors (Lipinski definition) is 4. The Hall–Kier alpha value is -1.85. The van der Waals surface area contributed by atoms with Crippen LogP contribution in [0.15, 0.2) is 35.0 Å². The van der Waals surface area contributed by atoms with Gasteiger partial charge in [-0.15, -0.1) is 12.4 Å². The first kappa shape index (κ1) is 15.2.